The maximum Gasteiger partial charge on any atom is 0.335 e. The molecule has 0 spiro atoms. The highest BCUT2D eigenvalue weighted by molar-refractivity contribution is 5.91. The Morgan fingerprint density at radius 2 is 1.95 bits per heavy atom. The van der Waals surface area contributed by atoms with Crippen LogP contribution in [0.25, 0.3) is 11.1 Å². The fourth-order valence-corrected chi connectivity index (χ4v) is 2.01. The Bertz CT molecular complexity index is 603. The summed E-state index contributed by atoms with van der Waals surface area (Å²) in [5.74, 6) is -0.140. The highest BCUT2D eigenvalue weighted by Crippen LogP contribution is 2.31. The monoisotopic (exact) mass is 256 g/mol. The van der Waals surface area contributed by atoms with Crippen molar-refractivity contribution in [1.29, 1.82) is 0 Å². The van der Waals surface area contributed by atoms with Gasteiger partial charge in [0.15, 0.2) is 0 Å². The number of carboxylic acid groups (broad SMARTS) is 1. The summed E-state index contributed by atoms with van der Waals surface area (Å²) in [6, 6.07) is 13.1. The minimum atomic E-state index is -0.909. The summed E-state index contributed by atoms with van der Waals surface area (Å²) in [7, 11) is 0. The predicted molar refractivity (Wildman–Crippen MR) is 74.7 cm³/mol. The highest BCUT2D eigenvalue weighted by Gasteiger charge is 2.11. The molecule has 3 heteroatoms. The number of carbonyl (C=O) groups is 1. The van der Waals surface area contributed by atoms with Gasteiger partial charge in [-0.15, -0.1) is 0 Å². The summed E-state index contributed by atoms with van der Waals surface area (Å²) in [4.78, 5) is 11.2. The van der Waals surface area contributed by atoms with Crippen LogP contribution in [0.15, 0.2) is 42.5 Å². The van der Waals surface area contributed by atoms with Gasteiger partial charge in [-0.2, -0.15) is 0 Å². The van der Waals surface area contributed by atoms with Crippen molar-refractivity contribution in [3.63, 3.8) is 0 Å². The maximum atomic E-state index is 11.2. The van der Waals surface area contributed by atoms with E-state index in [1.54, 1.807) is 13.0 Å². The van der Waals surface area contributed by atoms with Crippen LogP contribution in [-0.2, 0) is 0 Å². The van der Waals surface area contributed by atoms with Gasteiger partial charge in [0.05, 0.1) is 12.2 Å². The second kappa shape index (κ2) is 5.57. The Hall–Kier alpha value is -2.29. The van der Waals surface area contributed by atoms with E-state index in [4.69, 9.17) is 4.74 Å². The second-order valence-electron chi connectivity index (χ2n) is 4.26. The Morgan fingerprint density at radius 3 is 2.63 bits per heavy atom. The van der Waals surface area contributed by atoms with Gasteiger partial charge in [0.1, 0.15) is 5.75 Å². The molecule has 98 valence electrons. The molecule has 0 fully saturated rings. The minimum absolute atomic E-state index is 0.323. The first-order valence-electron chi connectivity index (χ1n) is 6.19. The molecular weight excluding hydrogens is 240 g/mol. The van der Waals surface area contributed by atoms with Gasteiger partial charge in [-0.25, -0.2) is 4.79 Å². The van der Waals surface area contributed by atoms with E-state index in [1.807, 2.05) is 43.3 Å². The Labute approximate surface area is 112 Å². The number of aryl methyl sites for hydroxylation is 1. The van der Waals surface area contributed by atoms with Crippen LogP contribution >= 0.6 is 0 Å². The molecule has 2 aromatic rings. The third kappa shape index (κ3) is 2.76. The molecule has 0 saturated heterocycles. The number of rotatable bonds is 4. The van der Waals surface area contributed by atoms with Crippen molar-refractivity contribution < 1.29 is 14.6 Å². The zero-order valence-corrected chi connectivity index (χ0v) is 11.0. The topological polar surface area (TPSA) is 46.5 Å². The van der Waals surface area contributed by atoms with Crippen molar-refractivity contribution in [3.05, 3.63) is 53.6 Å². The molecule has 0 bridgehead atoms. The van der Waals surface area contributed by atoms with E-state index in [1.165, 1.54) is 0 Å². The molecule has 0 atom stereocenters. The summed E-state index contributed by atoms with van der Waals surface area (Å²) < 4.78 is 5.57. The molecule has 3 nitrogen and oxygen atoms in total. The third-order valence-electron chi connectivity index (χ3n) is 2.97. The molecular formula is C16H16O3. The molecule has 0 amide bonds. The summed E-state index contributed by atoms with van der Waals surface area (Å²) in [6.45, 7) is 4.30. The largest absolute Gasteiger partial charge is 0.493 e. The van der Waals surface area contributed by atoms with E-state index in [9.17, 15) is 9.90 Å². The number of hydrogen-bond donors (Lipinski definition) is 1. The average molecular weight is 256 g/mol. The quantitative estimate of drug-likeness (QED) is 0.906. The molecule has 2 aromatic carbocycles. The summed E-state index contributed by atoms with van der Waals surface area (Å²) >= 11 is 0. The van der Waals surface area contributed by atoms with Gasteiger partial charge in [0.25, 0.3) is 0 Å². The zero-order chi connectivity index (χ0) is 13.8. The first-order chi connectivity index (χ1) is 9.13. The number of hydrogen-bond acceptors (Lipinski definition) is 2. The van der Waals surface area contributed by atoms with Crippen LogP contribution in [0.2, 0.25) is 0 Å². The predicted octanol–water partition coefficient (Wildman–Crippen LogP) is 3.76. The van der Waals surface area contributed by atoms with Gasteiger partial charge >= 0.3 is 5.97 Å². The van der Waals surface area contributed by atoms with Crippen molar-refractivity contribution in [2.75, 3.05) is 6.61 Å². The van der Waals surface area contributed by atoms with E-state index >= 15 is 0 Å². The molecule has 0 aliphatic carbocycles. The van der Waals surface area contributed by atoms with E-state index in [0.29, 0.717) is 12.2 Å². The first-order valence-corrected chi connectivity index (χ1v) is 6.19. The smallest absolute Gasteiger partial charge is 0.335 e. The van der Waals surface area contributed by atoms with E-state index in [2.05, 4.69) is 0 Å². The van der Waals surface area contributed by atoms with Gasteiger partial charge in [-0.1, -0.05) is 30.3 Å². The van der Waals surface area contributed by atoms with Gasteiger partial charge in [0, 0.05) is 5.56 Å². The van der Waals surface area contributed by atoms with Crippen LogP contribution in [0.3, 0.4) is 0 Å². The molecule has 0 aromatic heterocycles. The van der Waals surface area contributed by atoms with Crippen LogP contribution < -0.4 is 4.74 Å². The molecule has 0 aliphatic heterocycles. The Balaban J connectivity index is 2.53. The fourth-order valence-electron chi connectivity index (χ4n) is 2.01. The zero-order valence-electron chi connectivity index (χ0n) is 11.0. The normalized spacial score (nSPS) is 10.2. The van der Waals surface area contributed by atoms with Gasteiger partial charge in [0.2, 0.25) is 0 Å². The van der Waals surface area contributed by atoms with Crippen molar-refractivity contribution in [2.24, 2.45) is 0 Å². The summed E-state index contributed by atoms with van der Waals surface area (Å²) in [5, 5.41) is 9.18. The van der Waals surface area contributed by atoms with Gasteiger partial charge in [-0.05, 0) is 37.1 Å². The van der Waals surface area contributed by atoms with Gasteiger partial charge in [-0.3, -0.25) is 0 Å². The molecule has 19 heavy (non-hydrogen) atoms. The maximum absolute atomic E-state index is 11.2. The molecule has 1 N–H and O–H groups in total. The summed E-state index contributed by atoms with van der Waals surface area (Å²) in [6.07, 6.45) is 0. The van der Waals surface area contributed by atoms with Crippen molar-refractivity contribution in [2.45, 2.75) is 13.8 Å². The number of aromatic carboxylic acids is 1. The summed E-state index contributed by atoms with van der Waals surface area (Å²) in [5.41, 5.74) is 2.84. The average Bonchev–Trinajstić information content (AvgIpc) is 2.40. The lowest BCUT2D eigenvalue weighted by molar-refractivity contribution is 0.0696. The molecule has 0 radical (unpaired) electrons. The number of ether oxygens (including phenoxy) is 1. The van der Waals surface area contributed by atoms with Crippen LogP contribution in [0.4, 0.5) is 0 Å². The molecule has 0 saturated carbocycles. The lowest BCUT2D eigenvalue weighted by atomic mass is 9.99. The minimum Gasteiger partial charge on any atom is -0.493 e. The SMILES string of the molecule is CCOc1ccccc1-c1ccc(C)c(C(=O)O)c1. The molecule has 2 rings (SSSR count). The number of para-hydroxylation sites is 1. The fraction of sp³-hybridized carbons (Fsp3) is 0.188. The van der Waals surface area contributed by atoms with E-state index in [-0.39, 0.29) is 0 Å². The van der Waals surface area contributed by atoms with Crippen molar-refractivity contribution in [1.82, 2.24) is 0 Å². The molecule has 0 unspecified atom stereocenters. The standard InChI is InChI=1S/C16H16O3/c1-3-19-15-7-5-4-6-13(15)12-9-8-11(2)14(10-12)16(17)18/h4-10H,3H2,1-2H3,(H,17,18). The first kappa shape index (κ1) is 13.1. The third-order valence-corrected chi connectivity index (χ3v) is 2.97. The van der Waals surface area contributed by atoms with Gasteiger partial charge < -0.3 is 9.84 Å². The van der Waals surface area contributed by atoms with E-state index < -0.39 is 5.97 Å². The lowest BCUT2D eigenvalue weighted by Crippen LogP contribution is -2.00. The van der Waals surface area contributed by atoms with E-state index in [0.717, 1.165) is 22.4 Å². The number of benzene rings is 2. The van der Waals surface area contributed by atoms with Crippen LogP contribution in [0.5, 0.6) is 5.75 Å². The highest BCUT2D eigenvalue weighted by atomic mass is 16.5. The van der Waals surface area contributed by atoms with Crippen LogP contribution in [-0.4, -0.2) is 17.7 Å². The van der Waals surface area contributed by atoms with Crippen LogP contribution in [0.1, 0.15) is 22.8 Å². The van der Waals surface area contributed by atoms with Crippen molar-refractivity contribution >= 4 is 5.97 Å². The second-order valence-corrected chi connectivity index (χ2v) is 4.26. The lowest BCUT2D eigenvalue weighted by Gasteiger charge is -2.11. The van der Waals surface area contributed by atoms with Crippen LogP contribution in [0, 0.1) is 6.92 Å². The molecule has 0 aliphatic rings. The van der Waals surface area contributed by atoms with Crippen molar-refractivity contribution in [3.8, 4) is 16.9 Å². The Morgan fingerprint density at radius 1 is 1.21 bits per heavy atom. The molecule has 0 heterocycles. The Kier molecular flexibility index (Phi) is 3.85. The number of carboxylic acids is 1.